The molecule has 25 heavy (non-hydrogen) atoms. The Bertz CT molecular complexity index is 833. The van der Waals surface area contributed by atoms with Crippen LogP contribution in [0.25, 0.3) is 0 Å². The molecule has 0 aliphatic rings. The van der Waals surface area contributed by atoms with Crippen LogP contribution >= 0.6 is 0 Å². The van der Waals surface area contributed by atoms with Gasteiger partial charge in [-0.25, -0.2) is 9.69 Å². The summed E-state index contributed by atoms with van der Waals surface area (Å²) >= 11 is 0. The second-order valence-corrected chi connectivity index (χ2v) is 5.38. The van der Waals surface area contributed by atoms with E-state index in [0.29, 0.717) is 11.3 Å². The third-order valence-electron chi connectivity index (χ3n) is 3.63. The third kappa shape index (κ3) is 4.12. The zero-order valence-corrected chi connectivity index (χ0v) is 13.5. The van der Waals surface area contributed by atoms with Gasteiger partial charge in [0.05, 0.1) is 5.69 Å². The third-order valence-corrected chi connectivity index (χ3v) is 3.63. The number of rotatable bonds is 4. The Labute approximate surface area is 146 Å². The molecule has 0 unspecified atom stereocenters. The van der Waals surface area contributed by atoms with E-state index in [1.807, 2.05) is 42.5 Å². The summed E-state index contributed by atoms with van der Waals surface area (Å²) in [5.74, 6) is -0.426. The van der Waals surface area contributed by atoms with E-state index in [0.717, 1.165) is 10.5 Å². The van der Waals surface area contributed by atoms with Gasteiger partial charge in [0.2, 0.25) is 0 Å². The second kappa shape index (κ2) is 7.93. The highest BCUT2D eigenvalue weighted by molar-refractivity contribution is 6.19. The maximum atomic E-state index is 12.8. The van der Waals surface area contributed by atoms with Gasteiger partial charge in [0.1, 0.15) is 6.61 Å². The molecule has 2 amide bonds. The molecule has 0 aliphatic carbocycles. The minimum absolute atomic E-state index is 0.102. The number of para-hydroxylation sites is 1. The molecule has 0 fully saturated rings. The summed E-state index contributed by atoms with van der Waals surface area (Å²) in [5, 5.41) is 0. The first-order chi connectivity index (χ1) is 12.3. The minimum Gasteiger partial charge on any atom is -0.444 e. The molecule has 3 aromatic carbocycles. The average Bonchev–Trinajstić information content (AvgIpc) is 2.69. The van der Waals surface area contributed by atoms with E-state index in [-0.39, 0.29) is 6.61 Å². The fraction of sp³-hybridized carbons (Fsp3) is 0.0476. The number of benzene rings is 3. The molecule has 0 spiro atoms. The van der Waals surface area contributed by atoms with Crippen LogP contribution in [0.3, 0.4) is 0 Å². The summed E-state index contributed by atoms with van der Waals surface area (Å²) in [7, 11) is 0. The molecule has 0 saturated heterocycles. The van der Waals surface area contributed by atoms with Gasteiger partial charge < -0.3 is 4.74 Å². The predicted octanol–water partition coefficient (Wildman–Crippen LogP) is 4.67. The number of anilines is 1. The van der Waals surface area contributed by atoms with Crippen LogP contribution in [-0.4, -0.2) is 12.0 Å². The molecular weight excluding hydrogens is 314 g/mol. The van der Waals surface area contributed by atoms with Crippen molar-refractivity contribution in [3.8, 4) is 0 Å². The highest BCUT2D eigenvalue weighted by atomic mass is 16.6. The van der Waals surface area contributed by atoms with Crippen LogP contribution in [0.2, 0.25) is 0 Å². The van der Waals surface area contributed by atoms with Crippen molar-refractivity contribution in [3.05, 3.63) is 102 Å². The molecule has 4 heteroatoms. The molecule has 0 radical (unpaired) electrons. The summed E-state index contributed by atoms with van der Waals surface area (Å²) in [6.45, 7) is 0.102. The normalized spacial score (nSPS) is 10.1. The molecule has 0 aliphatic heterocycles. The first kappa shape index (κ1) is 16.5. The van der Waals surface area contributed by atoms with Gasteiger partial charge in [-0.05, 0) is 29.8 Å². The van der Waals surface area contributed by atoms with Crippen LogP contribution in [-0.2, 0) is 11.3 Å². The van der Waals surface area contributed by atoms with Crippen molar-refractivity contribution in [2.24, 2.45) is 0 Å². The van der Waals surface area contributed by atoms with E-state index < -0.39 is 12.0 Å². The Morgan fingerprint density at radius 1 is 0.720 bits per heavy atom. The summed E-state index contributed by atoms with van der Waals surface area (Å²) in [6, 6.07) is 26.8. The molecule has 0 saturated carbocycles. The van der Waals surface area contributed by atoms with E-state index in [4.69, 9.17) is 4.74 Å². The Morgan fingerprint density at radius 3 is 1.84 bits per heavy atom. The smallest absolute Gasteiger partial charge is 0.421 e. The molecule has 0 N–H and O–H groups in total. The van der Waals surface area contributed by atoms with E-state index in [9.17, 15) is 9.59 Å². The lowest BCUT2D eigenvalue weighted by Crippen LogP contribution is -2.37. The van der Waals surface area contributed by atoms with Crippen molar-refractivity contribution in [1.29, 1.82) is 0 Å². The zero-order valence-electron chi connectivity index (χ0n) is 13.5. The standard InChI is InChI=1S/C21H17NO3/c23-20(18-12-6-2-7-13-18)22(19-14-8-3-9-15-19)21(24)25-16-17-10-4-1-5-11-17/h1-15H,16H2. The van der Waals surface area contributed by atoms with Crippen molar-refractivity contribution in [3.63, 3.8) is 0 Å². The van der Waals surface area contributed by atoms with Crippen molar-refractivity contribution in [1.82, 2.24) is 0 Å². The zero-order chi connectivity index (χ0) is 17.5. The average molecular weight is 331 g/mol. The van der Waals surface area contributed by atoms with Gasteiger partial charge >= 0.3 is 6.09 Å². The van der Waals surface area contributed by atoms with Gasteiger partial charge in [0.25, 0.3) is 5.91 Å². The monoisotopic (exact) mass is 331 g/mol. The fourth-order valence-electron chi connectivity index (χ4n) is 2.38. The first-order valence-corrected chi connectivity index (χ1v) is 7.91. The summed E-state index contributed by atoms with van der Waals surface area (Å²) in [4.78, 5) is 26.5. The summed E-state index contributed by atoms with van der Waals surface area (Å²) in [6.07, 6.45) is -0.705. The fourth-order valence-corrected chi connectivity index (χ4v) is 2.38. The lowest BCUT2D eigenvalue weighted by atomic mass is 10.2. The van der Waals surface area contributed by atoms with Gasteiger partial charge in [-0.15, -0.1) is 0 Å². The number of carbonyl (C=O) groups excluding carboxylic acids is 2. The molecule has 0 atom stereocenters. The van der Waals surface area contributed by atoms with Gasteiger partial charge in [-0.1, -0.05) is 66.7 Å². The quantitative estimate of drug-likeness (QED) is 0.698. The predicted molar refractivity (Wildman–Crippen MR) is 96.3 cm³/mol. The number of hydrogen-bond acceptors (Lipinski definition) is 3. The molecule has 0 bridgehead atoms. The van der Waals surface area contributed by atoms with Crippen LogP contribution in [0.1, 0.15) is 15.9 Å². The van der Waals surface area contributed by atoms with Crippen LogP contribution in [0.15, 0.2) is 91.0 Å². The van der Waals surface area contributed by atoms with Crippen molar-refractivity contribution in [2.45, 2.75) is 6.61 Å². The van der Waals surface area contributed by atoms with E-state index >= 15 is 0 Å². The van der Waals surface area contributed by atoms with Crippen LogP contribution in [0.4, 0.5) is 10.5 Å². The summed E-state index contributed by atoms with van der Waals surface area (Å²) in [5.41, 5.74) is 1.74. The van der Waals surface area contributed by atoms with E-state index in [2.05, 4.69) is 0 Å². The van der Waals surface area contributed by atoms with Crippen LogP contribution in [0, 0.1) is 0 Å². The van der Waals surface area contributed by atoms with Gasteiger partial charge in [0.15, 0.2) is 0 Å². The first-order valence-electron chi connectivity index (χ1n) is 7.91. The second-order valence-electron chi connectivity index (χ2n) is 5.38. The SMILES string of the molecule is O=C(OCc1ccccc1)N(C(=O)c1ccccc1)c1ccccc1. The van der Waals surface area contributed by atoms with E-state index in [1.54, 1.807) is 48.5 Å². The Balaban J connectivity index is 1.83. The van der Waals surface area contributed by atoms with Gasteiger partial charge in [-0.2, -0.15) is 0 Å². The van der Waals surface area contributed by atoms with Gasteiger partial charge in [0, 0.05) is 5.56 Å². The number of amides is 2. The number of carbonyl (C=O) groups is 2. The van der Waals surface area contributed by atoms with Crippen molar-refractivity contribution >= 4 is 17.7 Å². The maximum Gasteiger partial charge on any atom is 0.421 e. The molecule has 0 aromatic heterocycles. The van der Waals surface area contributed by atoms with Crippen LogP contribution < -0.4 is 4.90 Å². The van der Waals surface area contributed by atoms with E-state index in [1.165, 1.54) is 0 Å². The van der Waals surface area contributed by atoms with Crippen LogP contribution in [0.5, 0.6) is 0 Å². The van der Waals surface area contributed by atoms with Crippen molar-refractivity contribution in [2.75, 3.05) is 4.90 Å². The van der Waals surface area contributed by atoms with Gasteiger partial charge in [-0.3, -0.25) is 4.79 Å². The molecule has 3 aromatic rings. The maximum absolute atomic E-state index is 12.8. The number of hydrogen-bond donors (Lipinski definition) is 0. The lowest BCUT2D eigenvalue weighted by Gasteiger charge is -2.20. The largest absolute Gasteiger partial charge is 0.444 e. The Kier molecular flexibility index (Phi) is 5.22. The number of imide groups is 1. The lowest BCUT2D eigenvalue weighted by molar-refractivity contribution is 0.0959. The minimum atomic E-state index is -0.705. The molecule has 0 heterocycles. The Morgan fingerprint density at radius 2 is 1.24 bits per heavy atom. The topological polar surface area (TPSA) is 46.6 Å². The highest BCUT2D eigenvalue weighted by Crippen LogP contribution is 2.19. The molecule has 4 nitrogen and oxygen atoms in total. The molecule has 3 rings (SSSR count). The summed E-state index contributed by atoms with van der Waals surface area (Å²) < 4.78 is 5.35. The highest BCUT2D eigenvalue weighted by Gasteiger charge is 2.26. The molecular formula is C21H17NO3. The molecule has 124 valence electrons. The van der Waals surface area contributed by atoms with Crippen molar-refractivity contribution < 1.29 is 14.3 Å². The Hall–Kier alpha value is -3.40. The number of nitrogens with zero attached hydrogens (tertiary/aromatic N) is 1. The number of ether oxygens (including phenoxy) is 1.